The van der Waals surface area contributed by atoms with Gasteiger partial charge in [0.1, 0.15) is 11.6 Å². The van der Waals surface area contributed by atoms with Crippen LogP contribution >= 0.6 is 0 Å². The molecule has 2 aromatic rings. The molecule has 2 rings (SSSR count). The fourth-order valence-electron chi connectivity index (χ4n) is 2.09. The molecule has 0 spiro atoms. The van der Waals surface area contributed by atoms with Crippen LogP contribution in [0.5, 0.6) is 5.75 Å². The Kier molecular flexibility index (Phi) is 5.31. The summed E-state index contributed by atoms with van der Waals surface area (Å²) in [5, 5.41) is 19.7. The van der Waals surface area contributed by atoms with E-state index in [9.17, 15) is 14.9 Å². The molecule has 126 valence electrons. The molecule has 8 heteroatoms. The number of carbonyl (C=O) groups is 1. The van der Waals surface area contributed by atoms with Crippen LogP contribution in [-0.4, -0.2) is 34.8 Å². The Balaban J connectivity index is 1.97. The molecule has 1 N–H and O–H groups in total. The van der Waals surface area contributed by atoms with Gasteiger partial charge in [0.2, 0.25) is 0 Å². The highest BCUT2D eigenvalue weighted by Gasteiger charge is 2.12. The molecule has 0 atom stereocenters. The van der Waals surface area contributed by atoms with Crippen molar-refractivity contribution in [2.24, 2.45) is 0 Å². The third-order valence-corrected chi connectivity index (χ3v) is 3.41. The standard InChI is InChI=1S/C16H17N3O5/c1-11-10-13(6-7-14(11)19(22)23)24-9-8-12-4-3-5-15(17-12)18(2)16(20)21/h3-7,10H,8-9H2,1-2H3,(H,20,21). The topological polar surface area (TPSA) is 106 Å². The van der Waals surface area contributed by atoms with E-state index in [1.807, 2.05) is 0 Å². The number of anilines is 1. The molecule has 0 fully saturated rings. The predicted octanol–water partition coefficient (Wildman–Crippen LogP) is 3.03. The number of aryl methyl sites for hydroxylation is 1. The van der Waals surface area contributed by atoms with Gasteiger partial charge in [0.15, 0.2) is 0 Å². The largest absolute Gasteiger partial charge is 0.493 e. The molecule has 0 unspecified atom stereocenters. The SMILES string of the molecule is Cc1cc(OCCc2cccc(N(C)C(=O)O)n2)ccc1[N+](=O)[O-]. The minimum atomic E-state index is -1.09. The van der Waals surface area contributed by atoms with Gasteiger partial charge in [0.25, 0.3) is 5.69 Å². The average Bonchev–Trinajstić information content (AvgIpc) is 2.54. The molecule has 0 saturated heterocycles. The maximum atomic E-state index is 10.9. The van der Waals surface area contributed by atoms with Gasteiger partial charge in [-0.05, 0) is 31.2 Å². The van der Waals surface area contributed by atoms with Crippen molar-refractivity contribution in [1.29, 1.82) is 0 Å². The molecule has 1 aromatic heterocycles. The van der Waals surface area contributed by atoms with E-state index >= 15 is 0 Å². The molecule has 0 saturated carbocycles. The number of ether oxygens (including phenoxy) is 1. The lowest BCUT2D eigenvalue weighted by molar-refractivity contribution is -0.385. The van der Waals surface area contributed by atoms with Crippen LogP contribution in [-0.2, 0) is 6.42 Å². The molecule has 1 aromatic carbocycles. The number of benzene rings is 1. The summed E-state index contributed by atoms with van der Waals surface area (Å²) in [4.78, 5) is 26.6. The number of amides is 1. The quantitative estimate of drug-likeness (QED) is 0.644. The second-order valence-electron chi connectivity index (χ2n) is 5.13. The van der Waals surface area contributed by atoms with Crippen LogP contribution in [0.25, 0.3) is 0 Å². The van der Waals surface area contributed by atoms with Gasteiger partial charge >= 0.3 is 6.09 Å². The highest BCUT2D eigenvalue weighted by molar-refractivity contribution is 5.83. The van der Waals surface area contributed by atoms with Crippen molar-refractivity contribution >= 4 is 17.6 Å². The summed E-state index contributed by atoms with van der Waals surface area (Å²) in [6.45, 7) is 1.97. The molecule has 1 heterocycles. The first kappa shape index (κ1) is 17.2. The van der Waals surface area contributed by atoms with Gasteiger partial charge in [-0.25, -0.2) is 9.78 Å². The minimum Gasteiger partial charge on any atom is -0.493 e. The normalized spacial score (nSPS) is 10.2. The number of pyridine rings is 1. The van der Waals surface area contributed by atoms with E-state index in [1.54, 1.807) is 37.3 Å². The molecule has 24 heavy (non-hydrogen) atoms. The van der Waals surface area contributed by atoms with Gasteiger partial charge in [-0.15, -0.1) is 0 Å². The number of carboxylic acid groups (broad SMARTS) is 1. The number of nitro benzene ring substituents is 1. The first-order chi connectivity index (χ1) is 11.4. The van der Waals surface area contributed by atoms with Crippen molar-refractivity contribution in [3.05, 3.63) is 57.8 Å². The molecule has 0 bridgehead atoms. The van der Waals surface area contributed by atoms with Crippen molar-refractivity contribution in [3.63, 3.8) is 0 Å². The van der Waals surface area contributed by atoms with Gasteiger partial charge < -0.3 is 9.84 Å². The summed E-state index contributed by atoms with van der Waals surface area (Å²) in [7, 11) is 1.42. The summed E-state index contributed by atoms with van der Waals surface area (Å²) in [6.07, 6.45) is -0.602. The third kappa shape index (κ3) is 4.19. The summed E-state index contributed by atoms with van der Waals surface area (Å²) in [5.41, 5.74) is 1.27. The Morgan fingerprint density at radius 3 is 2.75 bits per heavy atom. The molecule has 0 aliphatic carbocycles. The first-order valence-corrected chi connectivity index (χ1v) is 7.19. The zero-order valence-electron chi connectivity index (χ0n) is 13.3. The lowest BCUT2D eigenvalue weighted by atomic mass is 10.2. The minimum absolute atomic E-state index is 0.0495. The second kappa shape index (κ2) is 7.40. The number of hydrogen-bond acceptors (Lipinski definition) is 5. The monoisotopic (exact) mass is 331 g/mol. The molecular formula is C16H17N3O5. The molecular weight excluding hydrogens is 314 g/mol. The van der Waals surface area contributed by atoms with E-state index in [-0.39, 0.29) is 5.69 Å². The molecule has 0 aliphatic rings. The maximum Gasteiger partial charge on any atom is 0.412 e. The van der Waals surface area contributed by atoms with Crippen LogP contribution in [0.1, 0.15) is 11.3 Å². The van der Waals surface area contributed by atoms with E-state index in [0.29, 0.717) is 35.9 Å². The maximum absolute atomic E-state index is 10.9. The predicted molar refractivity (Wildman–Crippen MR) is 87.7 cm³/mol. The molecule has 8 nitrogen and oxygen atoms in total. The third-order valence-electron chi connectivity index (χ3n) is 3.41. The smallest absolute Gasteiger partial charge is 0.412 e. The number of rotatable bonds is 6. The number of hydrogen-bond donors (Lipinski definition) is 1. The molecule has 0 aliphatic heterocycles. The Hall–Kier alpha value is -3.16. The van der Waals surface area contributed by atoms with Crippen LogP contribution in [0, 0.1) is 17.0 Å². The van der Waals surface area contributed by atoms with E-state index < -0.39 is 11.0 Å². The Morgan fingerprint density at radius 1 is 1.38 bits per heavy atom. The van der Waals surface area contributed by atoms with E-state index in [1.165, 1.54) is 13.1 Å². The Bertz CT molecular complexity index is 763. The number of aromatic nitrogens is 1. The van der Waals surface area contributed by atoms with Gasteiger partial charge in [-0.2, -0.15) is 0 Å². The fraction of sp³-hybridized carbons (Fsp3) is 0.250. The van der Waals surface area contributed by atoms with Gasteiger partial charge in [0.05, 0.1) is 11.5 Å². The van der Waals surface area contributed by atoms with Crippen molar-refractivity contribution in [1.82, 2.24) is 4.98 Å². The second-order valence-corrected chi connectivity index (χ2v) is 5.13. The first-order valence-electron chi connectivity index (χ1n) is 7.19. The highest BCUT2D eigenvalue weighted by Crippen LogP contribution is 2.23. The zero-order valence-corrected chi connectivity index (χ0v) is 13.3. The van der Waals surface area contributed by atoms with E-state index in [0.717, 1.165) is 4.90 Å². The summed E-state index contributed by atoms with van der Waals surface area (Å²) in [5.74, 6) is 0.878. The van der Waals surface area contributed by atoms with Crippen molar-refractivity contribution in [3.8, 4) is 5.75 Å². The lowest BCUT2D eigenvalue weighted by Gasteiger charge is -2.13. The van der Waals surface area contributed by atoms with Crippen LogP contribution in [0.4, 0.5) is 16.3 Å². The molecule has 1 amide bonds. The van der Waals surface area contributed by atoms with Gasteiger partial charge in [-0.3, -0.25) is 15.0 Å². The summed E-state index contributed by atoms with van der Waals surface area (Å²) >= 11 is 0. The summed E-state index contributed by atoms with van der Waals surface area (Å²) in [6, 6.07) is 9.69. The van der Waals surface area contributed by atoms with E-state index in [4.69, 9.17) is 9.84 Å². The lowest BCUT2D eigenvalue weighted by Crippen LogP contribution is -2.25. The number of nitrogens with zero attached hydrogens (tertiary/aromatic N) is 3. The number of nitro groups is 1. The summed E-state index contributed by atoms with van der Waals surface area (Å²) < 4.78 is 5.58. The van der Waals surface area contributed by atoms with Crippen molar-refractivity contribution in [2.45, 2.75) is 13.3 Å². The van der Waals surface area contributed by atoms with Crippen LogP contribution < -0.4 is 9.64 Å². The van der Waals surface area contributed by atoms with Gasteiger partial charge in [0, 0.05) is 30.8 Å². The Morgan fingerprint density at radius 2 is 2.12 bits per heavy atom. The zero-order chi connectivity index (χ0) is 17.7. The molecule has 0 radical (unpaired) electrons. The van der Waals surface area contributed by atoms with Crippen LogP contribution in [0.15, 0.2) is 36.4 Å². The average molecular weight is 331 g/mol. The van der Waals surface area contributed by atoms with Crippen molar-refractivity contribution < 1.29 is 19.6 Å². The van der Waals surface area contributed by atoms with Crippen molar-refractivity contribution in [2.75, 3.05) is 18.6 Å². The Labute approximate surface area is 138 Å². The van der Waals surface area contributed by atoms with Crippen LogP contribution in [0.3, 0.4) is 0 Å². The van der Waals surface area contributed by atoms with Gasteiger partial charge in [-0.1, -0.05) is 6.07 Å². The fourth-order valence-corrected chi connectivity index (χ4v) is 2.09. The van der Waals surface area contributed by atoms with E-state index in [2.05, 4.69) is 4.98 Å². The highest BCUT2D eigenvalue weighted by atomic mass is 16.6. The van der Waals surface area contributed by atoms with Crippen LogP contribution in [0.2, 0.25) is 0 Å².